The van der Waals surface area contributed by atoms with Crippen LogP contribution in [0.25, 0.3) is 0 Å². The number of rotatable bonds is 11. The molecule has 1 aliphatic carbocycles. The van der Waals surface area contributed by atoms with Crippen LogP contribution in [0.3, 0.4) is 0 Å². The third-order valence-electron chi connectivity index (χ3n) is 4.35. The minimum Gasteiger partial charge on any atom is -0.491 e. The first-order valence-electron chi connectivity index (χ1n) is 9.19. The van der Waals surface area contributed by atoms with Crippen LogP contribution in [0.2, 0.25) is 0 Å². The number of allylic oxidation sites excluding steroid dienone is 5. The number of unbranched alkanes of at least 4 members (excludes halogenated alkanes) is 1. The molecule has 0 saturated heterocycles. The fourth-order valence-electron chi connectivity index (χ4n) is 2.87. The summed E-state index contributed by atoms with van der Waals surface area (Å²) in [5, 5.41) is 18.7. The van der Waals surface area contributed by atoms with Gasteiger partial charge in [-0.3, -0.25) is 9.59 Å². The maximum absolute atomic E-state index is 12.0. The van der Waals surface area contributed by atoms with Crippen molar-refractivity contribution < 1.29 is 24.5 Å². The minimum absolute atomic E-state index is 0.0486. The van der Waals surface area contributed by atoms with Gasteiger partial charge in [-0.25, -0.2) is 0 Å². The van der Waals surface area contributed by atoms with Gasteiger partial charge >= 0.3 is 5.97 Å². The first-order valence-corrected chi connectivity index (χ1v) is 9.19. The second-order valence-electron chi connectivity index (χ2n) is 6.51. The van der Waals surface area contributed by atoms with E-state index in [0.29, 0.717) is 25.0 Å². The Labute approximate surface area is 159 Å². The summed E-state index contributed by atoms with van der Waals surface area (Å²) in [5.41, 5.74) is 0. The molecular weight excluding hydrogens is 344 g/mol. The molecular formula is C22H26O5. The van der Waals surface area contributed by atoms with E-state index in [1.54, 1.807) is 12.2 Å². The predicted molar refractivity (Wildman–Crippen MR) is 103 cm³/mol. The second-order valence-corrected chi connectivity index (χ2v) is 6.51. The smallest absolute Gasteiger partial charge is 0.303 e. The Morgan fingerprint density at radius 3 is 2.74 bits per heavy atom. The summed E-state index contributed by atoms with van der Waals surface area (Å²) in [4.78, 5) is 22.5. The van der Waals surface area contributed by atoms with Crippen molar-refractivity contribution in [3.05, 3.63) is 66.8 Å². The van der Waals surface area contributed by atoms with Crippen LogP contribution in [-0.2, 0) is 9.59 Å². The molecule has 0 unspecified atom stereocenters. The lowest BCUT2D eigenvalue weighted by atomic mass is 9.90. The van der Waals surface area contributed by atoms with Gasteiger partial charge in [0.2, 0.25) is 0 Å². The number of ether oxygens (including phenoxy) is 1. The zero-order valence-electron chi connectivity index (χ0n) is 15.2. The van der Waals surface area contributed by atoms with Gasteiger partial charge in [-0.05, 0) is 37.5 Å². The predicted octanol–water partition coefficient (Wildman–Crippen LogP) is 3.56. The molecule has 0 aliphatic heterocycles. The molecule has 0 radical (unpaired) electrons. The monoisotopic (exact) mass is 370 g/mol. The summed E-state index contributed by atoms with van der Waals surface area (Å²) in [5.74, 6) is -0.230. The molecule has 0 fully saturated rings. The molecule has 2 rings (SSSR count). The van der Waals surface area contributed by atoms with E-state index in [-0.39, 0.29) is 30.6 Å². The number of carboxylic acid groups (broad SMARTS) is 1. The van der Waals surface area contributed by atoms with Gasteiger partial charge in [-0.1, -0.05) is 48.6 Å². The number of carboxylic acids is 1. The van der Waals surface area contributed by atoms with Crippen molar-refractivity contribution in [2.24, 2.45) is 11.8 Å². The molecule has 2 N–H and O–H groups in total. The number of carbonyl (C=O) groups is 2. The van der Waals surface area contributed by atoms with Gasteiger partial charge < -0.3 is 14.9 Å². The molecule has 3 atom stereocenters. The van der Waals surface area contributed by atoms with Crippen molar-refractivity contribution in [2.45, 2.75) is 31.8 Å². The van der Waals surface area contributed by atoms with E-state index in [1.807, 2.05) is 54.6 Å². The van der Waals surface area contributed by atoms with Gasteiger partial charge in [0.15, 0.2) is 5.78 Å². The van der Waals surface area contributed by atoms with Crippen LogP contribution in [-0.4, -0.2) is 34.7 Å². The molecule has 1 aliphatic rings. The number of para-hydroxylation sites is 1. The molecule has 5 heteroatoms. The van der Waals surface area contributed by atoms with Gasteiger partial charge in [-0.2, -0.15) is 0 Å². The Morgan fingerprint density at radius 2 is 2.00 bits per heavy atom. The van der Waals surface area contributed by atoms with Crippen molar-refractivity contribution in [3.8, 4) is 5.75 Å². The number of hydrogen-bond acceptors (Lipinski definition) is 4. The van der Waals surface area contributed by atoms with E-state index in [9.17, 15) is 14.7 Å². The molecule has 5 nitrogen and oxygen atoms in total. The standard InChI is InChI=1S/C22H26O5/c23-18(16-27-19-8-4-3-5-9-19)14-12-17-13-15-21(24)20(17)10-6-1-2-7-11-22(25)26/h1,3-6,8-9,12-15,17-18,20,23H,2,7,10-11,16H2,(H,25,26)/b6-1-,14-12+/t17-,18-,20-/m0/s1. The molecule has 1 aromatic rings. The summed E-state index contributed by atoms with van der Waals surface area (Å²) in [6.07, 6.45) is 12.1. The number of aliphatic hydroxyl groups is 1. The number of aliphatic carboxylic acids is 1. The summed E-state index contributed by atoms with van der Waals surface area (Å²) >= 11 is 0. The lowest BCUT2D eigenvalue weighted by Gasteiger charge is -2.14. The van der Waals surface area contributed by atoms with E-state index >= 15 is 0 Å². The Hall–Kier alpha value is -2.66. The van der Waals surface area contributed by atoms with Gasteiger partial charge in [0, 0.05) is 18.3 Å². The van der Waals surface area contributed by atoms with Crippen molar-refractivity contribution in [1.29, 1.82) is 0 Å². The van der Waals surface area contributed by atoms with Crippen LogP contribution in [0.5, 0.6) is 5.75 Å². The molecule has 1 aromatic carbocycles. The molecule has 0 bridgehead atoms. The average Bonchev–Trinajstić information content (AvgIpc) is 3.01. The first kappa shape index (κ1) is 20.6. The molecule has 27 heavy (non-hydrogen) atoms. The average molecular weight is 370 g/mol. The SMILES string of the molecule is O=C(O)CCC/C=C\C[C@@H]1C(=O)C=C[C@@H]1/C=C/[C@H](O)COc1ccccc1. The highest BCUT2D eigenvalue weighted by atomic mass is 16.5. The zero-order valence-corrected chi connectivity index (χ0v) is 15.2. The fourth-order valence-corrected chi connectivity index (χ4v) is 2.87. The highest BCUT2D eigenvalue weighted by Crippen LogP contribution is 2.27. The van der Waals surface area contributed by atoms with Crippen LogP contribution in [0.15, 0.2) is 66.8 Å². The Kier molecular flexibility index (Phi) is 8.52. The van der Waals surface area contributed by atoms with Crippen LogP contribution in [0.1, 0.15) is 25.7 Å². The van der Waals surface area contributed by atoms with E-state index in [1.165, 1.54) is 0 Å². The number of benzene rings is 1. The van der Waals surface area contributed by atoms with Crippen LogP contribution in [0.4, 0.5) is 0 Å². The molecule has 0 amide bonds. The third-order valence-corrected chi connectivity index (χ3v) is 4.35. The quantitative estimate of drug-likeness (QED) is 0.460. The molecule has 0 saturated carbocycles. The van der Waals surface area contributed by atoms with Gasteiger partial charge in [0.1, 0.15) is 18.5 Å². The highest BCUT2D eigenvalue weighted by Gasteiger charge is 2.27. The van der Waals surface area contributed by atoms with Gasteiger partial charge in [0.05, 0.1) is 0 Å². The topological polar surface area (TPSA) is 83.8 Å². The Bertz CT molecular complexity index is 690. The van der Waals surface area contributed by atoms with E-state index in [2.05, 4.69) is 0 Å². The first-order chi connectivity index (χ1) is 13.1. The van der Waals surface area contributed by atoms with Gasteiger partial charge in [0.25, 0.3) is 0 Å². The number of aliphatic hydroxyl groups excluding tert-OH is 1. The lowest BCUT2D eigenvalue weighted by Crippen LogP contribution is -2.17. The van der Waals surface area contributed by atoms with Crippen molar-refractivity contribution in [3.63, 3.8) is 0 Å². The van der Waals surface area contributed by atoms with E-state index in [4.69, 9.17) is 9.84 Å². The zero-order chi connectivity index (χ0) is 19.5. The molecule has 0 spiro atoms. The van der Waals surface area contributed by atoms with Crippen LogP contribution >= 0.6 is 0 Å². The van der Waals surface area contributed by atoms with Crippen molar-refractivity contribution >= 4 is 11.8 Å². The van der Waals surface area contributed by atoms with Gasteiger partial charge in [-0.15, -0.1) is 0 Å². The van der Waals surface area contributed by atoms with E-state index in [0.717, 1.165) is 0 Å². The second kappa shape index (κ2) is 11.1. The molecule has 0 heterocycles. The number of ketones is 1. The third kappa shape index (κ3) is 7.62. The molecule has 144 valence electrons. The van der Waals surface area contributed by atoms with Crippen LogP contribution < -0.4 is 4.74 Å². The maximum atomic E-state index is 12.0. The summed E-state index contributed by atoms with van der Waals surface area (Å²) in [6.45, 7) is 0.152. The highest BCUT2D eigenvalue weighted by molar-refractivity contribution is 5.95. The summed E-state index contributed by atoms with van der Waals surface area (Å²) < 4.78 is 5.51. The maximum Gasteiger partial charge on any atom is 0.303 e. The van der Waals surface area contributed by atoms with E-state index < -0.39 is 12.1 Å². The Morgan fingerprint density at radius 1 is 1.22 bits per heavy atom. The summed E-state index contributed by atoms with van der Waals surface area (Å²) in [7, 11) is 0. The fraction of sp³-hybridized carbons (Fsp3) is 0.364. The van der Waals surface area contributed by atoms with Crippen LogP contribution in [0, 0.1) is 11.8 Å². The Balaban J connectivity index is 1.76. The number of carbonyl (C=O) groups excluding carboxylic acids is 1. The van der Waals surface area contributed by atoms with Crippen molar-refractivity contribution in [2.75, 3.05) is 6.61 Å². The minimum atomic E-state index is -0.793. The summed E-state index contributed by atoms with van der Waals surface area (Å²) in [6, 6.07) is 9.28. The number of hydrogen-bond donors (Lipinski definition) is 2. The largest absolute Gasteiger partial charge is 0.491 e. The van der Waals surface area contributed by atoms with Crippen molar-refractivity contribution in [1.82, 2.24) is 0 Å². The normalized spacial score (nSPS) is 20.6. The lowest BCUT2D eigenvalue weighted by molar-refractivity contribution is -0.137. The molecule has 0 aromatic heterocycles.